The molecule has 0 amide bonds. The van der Waals surface area contributed by atoms with E-state index in [2.05, 4.69) is 25.6 Å². The zero-order valence-corrected chi connectivity index (χ0v) is 10.9. The van der Waals surface area contributed by atoms with Crippen LogP contribution in [0, 0.1) is 0 Å². The van der Waals surface area contributed by atoms with Crippen LogP contribution in [0.1, 0.15) is 31.4 Å². The minimum Gasteiger partial charge on any atom is -0.370 e. The summed E-state index contributed by atoms with van der Waals surface area (Å²) in [6.45, 7) is 2.92. The number of hydrogen-bond donors (Lipinski definition) is 2. The Balaban J connectivity index is 1.71. The monoisotopic (exact) mass is 255 g/mol. The average molecular weight is 255 g/mol. The molecule has 5 nitrogen and oxygen atoms in total. The first-order chi connectivity index (χ1) is 9.35. The van der Waals surface area contributed by atoms with Gasteiger partial charge in [-0.15, -0.1) is 0 Å². The smallest absolute Gasteiger partial charge is 0.134 e. The fourth-order valence-corrected chi connectivity index (χ4v) is 1.94. The molecule has 5 heteroatoms. The van der Waals surface area contributed by atoms with Gasteiger partial charge < -0.3 is 10.6 Å². The van der Waals surface area contributed by atoms with E-state index < -0.39 is 0 Å². The predicted molar refractivity (Wildman–Crippen MR) is 75.7 cm³/mol. The lowest BCUT2D eigenvalue weighted by molar-refractivity contribution is 0.989. The number of aromatic nitrogens is 3. The van der Waals surface area contributed by atoms with Gasteiger partial charge in [-0.05, 0) is 31.9 Å². The highest BCUT2D eigenvalue weighted by Crippen LogP contribution is 2.39. The van der Waals surface area contributed by atoms with Crippen molar-refractivity contribution in [3.05, 3.63) is 36.4 Å². The van der Waals surface area contributed by atoms with Crippen LogP contribution in [0.25, 0.3) is 0 Å². The Morgan fingerprint density at radius 2 is 2.05 bits per heavy atom. The minimum absolute atomic E-state index is 0.637. The molecule has 0 radical (unpaired) electrons. The number of nitrogens with zero attached hydrogens (tertiary/aromatic N) is 3. The Hall–Kier alpha value is -2.17. The number of anilines is 3. The van der Waals surface area contributed by atoms with Crippen LogP contribution in [0.4, 0.5) is 17.3 Å². The summed E-state index contributed by atoms with van der Waals surface area (Å²) < 4.78 is 0. The second-order valence-electron chi connectivity index (χ2n) is 4.69. The second-order valence-corrected chi connectivity index (χ2v) is 4.69. The van der Waals surface area contributed by atoms with E-state index in [9.17, 15) is 0 Å². The van der Waals surface area contributed by atoms with Gasteiger partial charge in [-0.25, -0.2) is 15.0 Å². The summed E-state index contributed by atoms with van der Waals surface area (Å²) in [5.41, 5.74) is 2.07. The third kappa shape index (κ3) is 2.99. The van der Waals surface area contributed by atoms with Crippen LogP contribution >= 0.6 is 0 Å². The van der Waals surface area contributed by atoms with Crippen LogP contribution in [-0.2, 0) is 0 Å². The van der Waals surface area contributed by atoms with Gasteiger partial charge in [0.05, 0.1) is 11.9 Å². The zero-order chi connectivity index (χ0) is 13.1. The van der Waals surface area contributed by atoms with E-state index in [0.29, 0.717) is 5.92 Å². The second kappa shape index (κ2) is 5.22. The van der Waals surface area contributed by atoms with Crippen LogP contribution in [0.5, 0.6) is 0 Å². The summed E-state index contributed by atoms with van der Waals surface area (Å²) in [5.74, 6) is 2.35. The maximum atomic E-state index is 4.32. The van der Waals surface area contributed by atoms with Crippen LogP contribution in [0.15, 0.2) is 30.7 Å². The molecule has 0 unspecified atom stereocenters. The van der Waals surface area contributed by atoms with Gasteiger partial charge >= 0.3 is 0 Å². The van der Waals surface area contributed by atoms with Crippen molar-refractivity contribution in [3.63, 3.8) is 0 Å². The van der Waals surface area contributed by atoms with Gasteiger partial charge in [0.25, 0.3) is 0 Å². The molecular weight excluding hydrogens is 238 g/mol. The molecule has 0 spiro atoms. The predicted octanol–water partition coefficient (Wildman–Crippen LogP) is 2.92. The van der Waals surface area contributed by atoms with Crippen molar-refractivity contribution < 1.29 is 0 Å². The van der Waals surface area contributed by atoms with Crippen molar-refractivity contribution in [2.75, 3.05) is 17.2 Å². The number of rotatable bonds is 5. The van der Waals surface area contributed by atoms with Crippen LogP contribution < -0.4 is 10.6 Å². The van der Waals surface area contributed by atoms with Crippen LogP contribution in [0.2, 0.25) is 0 Å². The lowest BCUT2D eigenvalue weighted by Gasteiger charge is -2.07. The molecular formula is C14H17N5. The summed E-state index contributed by atoms with van der Waals surface area (Å²) in [6, 6.07) is 5.97. The van der Waals surface area contributed by atoms with Crippen molar-refractivity contribution >= 4 is 17.3 Å². The van der Waals surface area contributed by atoms with Gasteiger partial charge in [-0.3, -0.25) is 0 Å². The van der Waals surface area contributed by atoms with Gasteiger partial charge in [-0.1, -0.05) is 0 Å². The molecule has 0 bridgehead atoms. The topological polar surface area (TPSA) is 62.7 Å². The highest BCUT2D eigenvalue weighted by Gasteiger charge is 2.25. The minimum atomic E-state index is 0.637. The fourth-order valence-electron chi connectivity index (χ4n) is 1.94. The SMILES string of the molecule is CCNc1ccc(Nc2cc(C3CC3)ncn2)cn1. The molecule has 2 aromatic rings. The highest BCUT2D eigenvalue weighted by molar-refractivity contribution is 5.57. The molecule has 2 aromatic heterocycles. The third-order valence-corrected chi connectivity index (χ3v) is 3.08. The molecule has 19 heavy (non-hydrogen) atoms. The Morgan fingerprint density at radius 3 is 2.74 bits per heavy atom. The number of nitrogens with one attached hydrogen (secondary N) is 2. The molecule has 1 aliphatic carbocycles. The molecule has 0 aromatic carbocycles. The summed E-state index contributed by atoms with van der Waals surface area (Å²) in [6.07, 6.45) is 5.91. The van der Waals surface area contributed by atoms with Gasteiger partial charge in [0.2, 0.25) is 0 Å². The fraction of sp³-hybridized carbons (Fsp3) is 0.357. The first-order valence-corrected chi connectivity index (χ1v) is 6.64. The van der Waals surface area contributed by atoms with E-state index in [1.165, 1.54) is 12.8 Å². The lowest BCUT2D eigenvalue weighted by Crippen LogP contribution is -2.00. The standard InChI is InChI=1S/C14H17N5/c1-2-15-13-6-5-11(8-16-13)19-14-7-12(10-3-4-10)17-9-18-14/h5-10H,2-4H2,1H3,(H,15,16)(H,17,18,19). The molecule has 2 N–H and O–H groups in total. The van der Waals surface area contributed by atoms with Crippen molar-refractivity contribution in [1.82, 2.24) is 15.0 Å². The van der Waals surface area contributed by atoms with E-state index in [0.717, 1.165) is 29.6 Å². The quantitative estimate of drug-likeness (QED) is 0.860. The van der Waals surface area contributed by atoms with Gasteiger partial charge in [0.15, 0.2) is 0 Å². The van der Waals surface area contributed by atoms with E-state index in [1.54, 1.807) is 12.5 Å². The normalized spacial score (nSPS) is 14.2. The van der Waals surface area contributed by atoms with E-state index in [4.69, 9.17) is 0 Å². The Kier molecular flexibility index (Phi) is 3.27. The molecule has 2 heterocycles. The van der Waals surface area contributed by atoms with E-state index >= 15 is 0 Å². The number of hydrogen-bond acceptors (Lipinski definition) is 5. The summed E-state index contributed by atoms with van der Waals surface area (Å²) >= 11 is 0. The Bertz CT molecular complexity index is 548. The van der Waals surface area contributed by atoms with E-state index in [1.807, 2.05) is 25.1 Å². The van der Waals surface area contributed by atoms with Gasteiger partial charge in [0.1, 0.15) is 18.0 Å². The van der Waals surface area contributed by atoms with Crippen molar-refractivity contribution in [3.8, 4) is 0 Å². The summed E-state index contributed by atoms with van der Waals surface area (Å²) in [7, 11) is 0. The summed E-state index contributed by atoms with van der Waals surface area (Å²) in [5, 5.41) is 6.42. The highest BCUT2D eigenvalue weighted by atomic mass is 15.0. The zero-order valence-electron chi connectivity index (χ0n) is 10.9. The van der Waals surface area contributed by atoms with Gasteiger partial charge in [0, 0.05) is 24.2 Å². The van der Waals surface area contributed by atoms with Crippen LogP contribution in [-0.4, -0.2) is 21.5 Å². The molecule has 1 saturated carbocycles. The van der Waals surface area contributed by atoms with Crippen molar-refractivity contribution in [2.45, 2.75) is 25.7 Å². The molecule has 1 fully saturated rings. The number of pyridine rings is 1. The molecule has 0 aliphatic heterocycles. The molecule has 98 valence electrons. The lowest BCUT2D eigenvalue weighted by atomic mass is 10.3. The Labute approximate surface area is 112 Å². The molecule has 1 aliphatic rings. The van der Waals surface area contributed by atoms with E-state index in [-0.39, 0.29) is 0 Å². The first-order valence-electron chi connectivity index (χ1n) is 6.64. The van der Waals surface area contributed by atoms with Gasteiger partial charge in [-0.2, -0.15) is 0 Å². The molecule has 0 saturated heterocycles. The Morgan fingerprint density at radius 1 is 1.16 bits per heavy atom. The van der Waals surface area contributed by atoms with Crippen molar-refractivity contribution in [2.24, 2.45) is 0 Å². The maximum Gasteiger partial charge on any atom is 0.134 e. The first kappa shape index (κ1) is 11.9. The summed E-state index contributed by atoms with van der Waals surface area (Å²) in [4.78, 5) is 12.9. The average Bonchev–Trinajstić information content (AvgIpc) is 3.26. The largest absolute Gasteiger partial charge is 0.370 e. The van der Waals surface area contributed by atoms with Crippen LogP contribution in [0.3, 0.4) is 0 Å². The maximum absolute atomic E-state index is 4.32. The molecule has 3 rings (SSSR count). The third-order valence-electron chi connectivity index (χ3n) is 3.08. The molecule has 0 atom stereocenters. The van der Waals surface area contributed by atoms with Crippen molar-refractivity contribution in [1.29, 1.82) is 0 Å².